The Balaban J connectivity index is 1.76. The van der Waals surface area contributed by atoms with Gasteiger partial charge in [0.25, 0.3) is 0 Å². The van der Waals surface area contributed by atoms with Crippen LogP contribution in [0.1, 0.15) is 29.0 Å². The first kappa shape index (κ1) is 14.0. The topological polar surface area (TPSA) is 29.9 Å². The van der Waals surface area contributed by atoms with Gasteiger partial charge in [-0.3, -0.25) is 0 Å². The second-order valence-electron chi connectivity index (χ2n) is 5.15. The number of nitrogens with one attached hydrogen (secondary N) is 1. The van der Waals surface area contributed by atoms with Crippen LogP contribution in [0.5, 0.6) is 0 Å². The van der Waals surface area contributed by atoms with E-state index in [0.29, 0.717) is 6.04 Å². The molecule has 3 nitrogen and oxygen atoms in total. The molecule has 2 aromatic heterocycles. The first-order valence-corrected chi connectivity index (χ1v) is 7.99. The zero-order valence-corrected chi connectivity index (χ0v) is 13.1. The maximum atomic E-state index is 4.33. The fraction of sp³-hybridized carbons (Fsp3) is 0.235. The molecule has 0 saturated heterocycles. The lowest BCUT2D eigenvalue weighted by Crippen LogP contribution is -2.19. The molecule has 1 aromatic carbocycles. The average Bonchev–Trinajstić information content (AvgIpc) is 3.16. The zero-order valence-electron chi connectivity index (χ0n) is 12.3. The van der Waals surface area contributed by atoms with Crippen LogP contribution in [0.2, 0.25) is 0 Å². The monoisotopic (exact) mass is 297 g/mol. The molecule has 0 bridgehead atoms. The molecule has 3 aromatic rings. The van der Waals surface area contributed by atoms with Crippen LogP contribution in [-0.4, -0.2) is 9.78 Å². The molecule has 108 valence electrons. The molecule has 0 saturated carbocycles. The molecule has 0 fully saturated rings. The van der Waals surface area contributed by atoms with Crippen LogP contribution >= 0.6 is 11.3 Å². The van der Waals surface area contributed by atoms with Crippen molar-refractivity contribution < 1.29 is 0 Å². The summed E-state index contributed by atoms with van der Waals surface area (Å²) in [5.74, 6) is 0. The van der Waals surface area contributed by atoms with Gasteiger partial charge in [-0.1, -0.05) is 18.2 Å². The van der Waals surface area contributed by atoms with E-state index in [9.17, 15) is 0 Å². The smallest absolute Gasteiger partial charge is 0.0690 e. The van der Waals surface area contributed by atoms with Gasteiger partial charge >= 0.3 is 0 Å². The van der Waals surface area contributed by atoms with Crippen molar-refractivity contribution in [1.82, 2.24) is 15.1 Å². The molecule has 1 unspecified atom stereocenters. The summed E-state index contributed by atoms with van der Waals surface area (Å²) in [5, 5.41) is 10.1. The molecular weight excluding hydrogens is 278 g/mol. The lowest BCUT2D eigenvalue weighted by molar-refractivity contribution is 0.578. The fourth-order valence-corrected chi connectivity index (χ4v) is 3.44. The van der Waals surface area contributed by atoms with E-state index in [0.717, 1.165) is 12.2 Å². The van der Waals surface area contributed by atoms with Crippen LogP contribution in [0, 0.1) is 6.92 Å². The maximum Gasteiger partial charge on any atom is 0.0690 e. The maximum absolute atomic E-state index is 4.33. The highest BCUT2D eigenvalue weighted by molar-refractivity contribution is 7.10. The van der Waals surface area contributed by atoms with Gasteiger partial charge in [0.05, 0.1) is 5.69 Å². The summed E-state index contributed by atoms with van der Waals surface area (Å²) in [6.07, 6.45) is 3.79. The van der Waals surface area contributed by atoms with Crippen molar-refractivity contribution >= 4 is 11.3 Å². The van der Waals surface area contributed by atoms with Crippen molar-refractivity contribution in [3.8, 4) is 5.69 Å². The lowest BCUT2D eigenvalue weighted by atomic mass is 10.1. The zero-order chi connectivity index (χ0) is 14.7. The Bertz CT molecular complexity index is 700. The van der Waals surface area contributed by atoms with E-state index in [1.54, 1.807) is 0 Å². The number of para-hydroxylation sites is 1. The van der Waals surface area contributed by atoms with Crippen LogP contribution in [-0.2, 0) is 6.54 Å². The second-order valence-corrected chi connectivity index (χ2v) is 6.10. The number of hydrogen-bond donors (Lipinski definition) is 1. The van der Waals surface area contributed by atoms with Gasteiger partial charge in [-0.2, -0.15) is 5.10 Å². The molecule has 0 amide bonds. The Morgan fingerprint density at radius 1 is 1.24 bits per heavy atom. The summed E-state index contributed by atoms with van der Waals surface area (Å²) >= 11 is 1.81. The van der Waals surface area contributed by atoms with Crippen LogP contribution in [0.4, 0.5) is 0 Å². The second kappa shape index (κ2) is 6.24. The summed E-state index contributed by atoms with van der Waals surface area (Å²) in [4.78, 5) is 1.41. The number of rotatable bonds is 5. The fourth-order valence-electron chi connectivity index (χ4n) is 2.48. The molecule has 1 atom stereocenters. The van der Waals surface area contributed by atoms with E-state index in [4.69, 9.17) is 0 Å². The van der Waals surface area contributed by atoms with Crippen LogP contribution in [0.3, 0.4) is 0 Å². The molecule has 0 aliphatic rings. The van der Waals surface area contributed by atoms with Crippen molar-refractivity contribution in [3.63, 3.8) is 0 Å². The van der Waals surface area contributed by atoms with E-state index in [1.807, 2.05) is 40.5 Å². The quantitative estimate of drug-likeness (QED) is 0.768. The highest BCUT2D eigenvalue weighted by Crippen LogP contribution is 2.24. The molecule has 2 heterocycles. The van der Waals surface area contributed by atoms with E-state index >= 15 is 0 Å². The Hall–Kier alpha value is -1.91. The number of nitrogens with zero attached hydrogens (tertiary/aromatic N) is 2. The molecular formula is C17H19N3S. The van der Waals surface area contributed by atoms with Gasteiger partial charge in [0.2, 0.25) is 0 Å². The number of benzene rings is 1. The highest BCUT2D eigenvalue weighted by atomic mass is 32.1. The normalized spacial score (nSPS) is 12.5. The largest absolute Gasteiger partial charge is 0.305 e. The van der Waals surface area contributed by atoms with E-state index in [2.05, 4.69) is 53.9 Å². The van der Waals surface area contributed by atoms with Crippen molar-refractivity contribution in [1.29, 1.82) is 0 Å². The average molecular weight is 297 g/mol. The summed E-state index contributed by atoms with van der Waals surface area (Å²) < 4.78 is 1.91. The number of aryl methyl sites for hydroxylation is 1. The first-order chi connectivity index (χ1) is 10.3. The molecule has 4 heteroatoms. The van der Waals surface area contributed by atoms with Crippen molar-refractivity contribution in [2.24, 2.45) is 0 Å². The standard InChI is InChI=1S/C17H19N3S/c1-13-8-11-21-17(13)14(2)18-12-15-6-3-4-7-16(15)20-10-5-9-19-20/h3-11,14,18H,12H2,1-2H3. The van der Waals surface area contributed by atoms with Gasteiger partial charge in [-0.05, 0) is 48.6 Å². The molecule has 0 spiro atoms. The summed E-state index contributed by atoms with van der Waals surface area (Å²) in [5.41, 5.74) is 3.74. The summed E-state index contributed by atoms with van der Waals surface area (Å²) in [6, 6.07) is 12.9. The highest BCUT2D eigenvalue weighted by Gasteiger charge is 2.11. The third kappa shape index (κ3) is 3.06. The SMILES string of the molecule is Cc1ccsc1C(C)NCc1ccccc1-n1cccn1. The molecule has 21 heavy (non-hydrogen) atoms. The van der Waals surface area contributed by atoms with Gasteiger partial charge < -0.3 is 5.32 Å². The third-order valence-corrected chi connectivity index (χ3v) is 4.84. The predicted octanol–water partition coefficient (Wildman–Crippen LogP) is 4.09. The number of thiophene rings is 1. The van der Waals surface area contributed by atoms with Crippen molar-refractivity contribution in [3.05, 3.63) is 70.2 Å². The van der Waals surface area contributed by atoms with E-state index in [-0.39, 0.29) is 0 Å². The van der Waals surface area contributed by atoms with Crippen molar-refractivity contribution in [2.45, 2.75) is 26.4 Å². The molecule has 3 rings (SSSR count). The van der Waals surface area contributed by atoms with Gasteiger partial charge in [-0.25, -0.2) is 4.68 Å². The Morgan fingerprint density at radius 2 is 2.10 bits per heavy atom. The lowest BCUT2D eigenvalue weighted by Gasteiger charge is -2.15. The minimum Gasteiger partial charge on any atom is -0.305 e. The molecule has 0 aliphatic heterocycles. The summed E-state index contributed by atoms with van der Waals surface area (Å²) in [6.45, 7) is 5.21. The van der Waals surface area contributed by atoms with Crippen LogP contribution in [0.25, 0.3) is 5.69 Å². The number of hydrogen-bond acceptors (Lipinski definition) is 3. The van der Waals surface area contributed by atoms with Gasteiger partial charge in [0.1, 0.15) is 0 Å². The van der Waals surface area contributed by atoms with Crippen LogP contribution < -0.4 is 5.32 Å². The third-order valence-electron chi connectivity index (χ3n) is 3.64. The van der Waals surface area contributed by atoms with Crippen LogP contribution in [0.15, 0.2) is 54.2 Å². The Morgan fingerprint density at radius 3 is 2.81 bits per heavy atom. The van der Waals surface area contributed by atoms with Gasteiger partial charge in [0, 0.05) is 29.9 Å². The molecule has 0 radical (unpaired) electrons. The Labute approximate surface area is 129 Å². The predicted molar refractivity (Wildman–Crippen MR) is 87.9 cm³/mol. The molecule has 0 aliphatic carbocycles. The number of aromatic nitrogens is 2. The summed E-state index contributed by atoms with van der Waals surface area (Å²) in [7, 11) is 0. The first-order valence-electron chi connectivity index (χ1n) is 7.11. The van der Waals surface area contributed by atoms with E-state index in [1.165, 1.54) is 16.0 Å². The minimum absolute atomic E-state index is 0.357. The van der Waals surface area contributed by atoms with E-state index < -0.39 is 0 Å². The Kier molecular flexibility index (Phi) is 4.18. The minimum atomic E-state index is 0.357. The van der Waals surface area contributed by atoms with Crippen molar-refractivity contribution in [2.75, 3.05) is 0 Å². The molecule has 1 N–H and O–H groups in total. The van der Waals surface area contributed by atoms with Gasteiger partial charge in [0.15, 0.2) is 0 Å². The van der Waals surface area contributed by atoms with Gasteiger partial charge in [-0.15, -0.1) is 11.3 Å².